The smallest absolute Gasteiger partial charge is 0.252 e. The number of rotatable bonds is 5. The van der Waals surface area contributed by atoms with Crippen molar-refractivity contribution in [3.8, 4) is 0 Å². The van der Waals surface area contributed by atoms with Crippen molar-refractivity contribution in [3.63, 3.8) is 0 Å². The monoisotopic (exact) mass is 390 g/mol. The molecular formula is C22H26N6O. The Bertz CT molecular complexity index is 1020. The zero-order chi connectivity index (χ0) is 20.2. The van der Waals surface area contributed by atoms with E-state index in [-0.39, 0.29) is 12.1 Å². The van der Waals surface area contributed by atoms with Gasteiger partial charge >= 0.3 is 0 Å². The molecule has 150 valence electrons. The minimum atomic E-state index is -0.525. The number of carbonyl (C=O) groups is 1. The Labute approximate surface area is 169 Å². The van der Waals surface area contributed by atoms with Gasteiger partial charge in [-0.2, -0.15) is 0 Å². The van der Waals surface area contributed by atoms with Crippen molar-refractivity contribution in [1.29, 1.82) is 0 Å². The predicted molar refractivity (Wildman–Crippen MR) is 116 cm³/mol. The summed E-state index contributed by atoms with van der Waals surface area (Å²) in [5.74, 6) is 0.589. The number of aromatic nitrogens is 2. The molecule has 0 bridgehead atoms. The summed E-state index contributed by atoms with van der Waals surface area (Å²) in [6.45, 7) is 0. The number of carbonyl (C=O) groups excluding carboxylic acids is 1. The van der Waals surface area contributed by atoms with E-state index in [0.29, 0.717) is 17.2 Å². The van der Waals surface area contributed by atoms with Crippen LogP contribution >= 0.6 is 0 Å². The quantitative estimate of drug-likeness (QED) is 0.495. The van der Waals surface area contributed by atoms with Gasteiger partial charge in [0.1, 0.15) is 11.6 Å². The van der Waals surface area contributed by atoms with Gasteiger partial charge in [0, 0.05) is 35.6 Å². The van der Waals surface area contributed by atoms with Gasteiger partial charge in [0.15, 0.2) is 0 Å². The molecule has 29 heavy (non-hydrogen) atoms. The Hall–Kier alpha value is -3.19. The highest BCUT2D eigenvalue weighted by Crippen LogP contribution is 2.26. The average molecular weight is 390 g/mol. The summed E-state index contributed by atoms with van der Waals surface area (Å²) < 4.78 is 0. The van der Waals surface area contributed by atoms with E-state index < -0.39 is 5.91 Å². The van der Waals surface area contributed by atoms with Gasteiger partial charge in [-0.05, 0) is 48.6 Å². The third-order valence-corrected chi connectivity index (χ3v) is 5.47. The molecule has 0 unspecified atom stereocenters. The molecule has 7 heteroatoms. The molecule has 0 aliphatic heterocycles. The number of nitrogens with two attached hydrogens (primary N) is 2. The summed E-state index contributed by atoms with van der Waals surface area (Å²) in [5, 5.41) is 8.79. The van der Waals surface area contributed by atoms with Gasteiger partial charge in [-0.1, -0.05) is 25.3 Å². The highest BCUT2D eigenvalue weighted by atomic mass is 16.1. The van der Waals surface area contributed by atoms with Crippen LogP contribution in [0.1, 0.15) is 42.5 Å². The first kappa shape index (κ1) is 19.1. The third-order valence-electron chi connectivity index (χ3n) is 5.47. The normalized spacial score (nSPS) is 19.5. The van der Waals surface area contributed by atoms with Crippen LogP contribution in [0, 0.1) is 0 Å². The molecule has 0 spiro atoms. The first-order chi connectivity index (χ1) is 14.1. The molecule has 0 radical (unpaired) electrons. The largest absolute Gasteiger partial charge is 0.366 e. The van der Waals surface area contributed by atoms with Gasteiger partial charge in [0.2, 0.25) is 0 Å². The van der Waals surface area contributed by atoms with Crippen molar-refractivity contribution < 1.29 is 4.79 Å². The summed E-state index contributed by atoms with van der Waals surface area (Å²) in [4.78, 5) is 20.7. The molecule has 0 saturated heterocycles. The highest BCUT2D eigenvalue weighted by Gasteiger charge is 2.21. The molecule has 7 nitrogen and oxygen atoms in total. The maximum Gasteiger partial charge on any atom is 0.252 e. The van der Waals surface area contributed by atoms with E-state index in [1.165, 1.54) is 6.42 Å². The van der Waals surface area contributed by atoms with Crippen LogP contribution in [0.25, 0.3) is 10.8 Å². The number of nitrogens with one attached hydrogen (secondary N) is 2. The number of pyridine rings is 2. The Balaban J connectivity index is 1.61. The van der Waals surface area contributed by atoms with Crippen LogP contribution < -0.4 is 22.1 Å². The number of amides is 1. The first-order valence-electron chi connectivity index (χ1n) is 10.0. The SMILES string of the molecule is NC(=O)c1ccc(N[C@@H]2CCCCC[C@@H]2N)nc1Nc1ccc2cnccc2c1. The van der Waals surface area contributed by atoms with Gasteiger partial charge in [0.05, 0.1) is 5.56 Å². The zero-order valence-electron chi connectivity index (χ0n) is 16.3. The van der Waals surface area contributed by atoms with Crippen molar-refractivity contribution in [2.24, 2.45) is 11.5 Å². The molecule has 6 N–H and O–H groups in total. The van der Waals surface area contributed by atoms with Gasteiger partial charge in [0.25, 0.3) is 5.91 Å². The number of hydrogen-bond acceptors (Lipinski definition) is 6. The second-order valence-electron chi connectivity index (χ2n) is 7.57. The maximum atomic E-state index is 11.9. The summed E-state index contributed by atoms with van der Waals surface area (Å²) in [5.41, 5.74) is 13.1. The zero-order valence-corrected chi connectivity index (χ0v) is 16.3. The molecule has 1 saturated carbocycles. The topological polar surface area (TPSA) is 119 Å². The molecule has 1 aliphatic carbocycles. The first-order valence-corrected chi connectivity index (χ1v) is 10.0. The number of fused-ring (bicyclic) bond motifs is 1. The standard InChI is InChI=1S/C22H26N6O/c23-18-4-2-1-3-5-19(18)27-20-9-8-17(21(24)29)22(28-20)26-16-7-6-15-13-25-11-10-14(15)12-16/h6-13,18-19H,1-5,23H2,(H2,24,29)(H2,26,27,28)/t18-,19+/m0/s1. The Kier molecular flexibility index (Phi) is 5.57. The summed E-state index contributed by atoms with van der Waals surface area (Å²) >= 11 is 0. The van der Waals surface area contributed by atoms with Crippen LogP contribution in [0.4, 0.5) is 17.3 Å². The molecule has 1 amide bonds. The lowest BCUT2D eigenvalue weighted by Crippen LogP contribution is -2.39. The lowest BCUT2D eigenvalue weighted by Gasteiger charge is -2.23. The lowest BCUT2D eigenvalue weighted by molar-refractivity contribution is 0.100. The van der Waals surface area contributed by atoms with E-state index in [0.717, 1.165) is 42.1 Å². The number of hydrogen-bond donors (Lipinski definition) is 4. The fraction of sp³-hybridized carbons (Fsp3) is 0.318. The Morgan fingerprint density at radius 3 is 2.76 bits per heavy atom. The van der Waals surface area contributed by atoms with Gasteiger partial charge < -0.3 is 22.1 Å². The number of anilines is 3. The van der Waals surface area contributed by atoms with E-state index in [9.17, 15) is 4.79 Å². The second-order valence-corrected chi connectivity index (χ2v) is 7.57. The van der Waals surface area contributed by atoms with Crippen LogP contribution in [0.3, 0.4) is 0 Å². The molecule has 3 aromatic rings. The van der Waals surface area contributed by atoms with Gasteiger partial charge in [-0.3, -0.25) is 9.78 Å². The fourth-order valence-electron chi connectivity index (χ4n) is 3.84. The van der Waals surface area contributed by atoms with E-state index >= 15 is 0 Å². The van der Waals surface area contributed by atoms with E-state index in [4.69, 9.17) is 11.5 Å². The highest BCUT2D eigenvalue weighted by molar-refractivity contribution is 5.99. The van der Waals surface area contributed by atoms with Crippen LogP contribution in [-0.2, 0) is 0 Å². The Morgan fingerprint density at radius 2 is 1.90 bits per heavy atom. The van der Waals surface area contributed by atoms with E-state index in [1.54, 1.807) is 18.3 Å². The van der Waals surface area contributed by atoms with Crippen molar-refractivity contribution in [2.45, 2.75) is 44.2 Å². The van der Waals surface area contributed by atoms with Crippen LogP contribution in [0.15, 0.2) is 48.8 Å². The number of benzene rings is 1. The predicted octanol–water partition coefficient (Wildman–Crippen LogP) is 3.54. The van der Waals surface area contributed by atoms with E-state index in [1.807, 2.05) is 30.5 Å². The molecule has 2 atom stereocenters. The number of primary amides is 1. The molecule has 2 aromatic heterocycles. The minimum absolute atomic E-state index is 0.0978. The maximum absolute atomic E-state index is 11.9. The van der Waals surface area contributed by atoms with Gasteiger partial charge in [-0.15, -0.1) is 0 Å². The minimum Gasteiger partial charge on any atom is -0.366 e. The number of nitrogens with zero attached hydrogens (tertiary/aromatic N) is 2. The molecule has 1 fully saturated rings. The third kappa shape index (κ3) is 4.46. The summed E-state index contributed by atoms with van der Waals surface area (Å²) in [6.07, 6.45) is 9.12. The molecular weight excluding hydrogens is 364 g/mol. The summed E-state index contributed by atoms with van der Waals surface area (Å²) in [6, 6.07) is 11.6. The second kappa shape index (κ2) is 8.45. The van der Waals surface area contributed by atoms with Crippen molar-refractivity contribution >= 4 is 34.0 Å². The molecule has 1 aliphatic rings. The van der Waals surface area contributed by atoms with E-state index in [2.05, 4.69) is 20.6 Å². The van der Waals surface area contributed by atoms with Crippen LogP contribution in [0.2, 0.25) is 0 Å². The van der Waals surface area contributed by atoms with Crippen molar-refractivity contribution in [3.05, 3.63) is 54.4 Å². The lowest BCUT2D eigenvalue weighted by atomic mass is 10.0. The molecule has 4 rings (SSSR count). The fourth-order valence-corrected chi connectivity index (χ4v) is 3.84. The van der Waals surface area contributed by atoms with Crippen LogP contribution in [-0.4, -0.2) is 28.0 Å². The molecule has 1 aromatic carbocycles. The Morgan fingerprint density at radius 1 is 1.03 bits per heavy atom. The van der Waals surface area contributed by atoms with Crippen LogP contribution in [0.5, 0.6) is 0 Å². The van der Waals surface area contributed by atoms with Gasteiger partial charge in [-0.25, -0.2) is 4.98 Å². The van der Waals surface area contributed by atoms with Crippen molar-refractivity contribution in [2.75, 3.05) is 10.6 Å². The summed E-state index contributed by atoms with van der Waals surface area (Å²) in [7, 11) is 0. The van der Waals surface area contributed by atoms with Crippen molar-refractivity contribution in [1.82, 2.24) is 9.97 Å². The molecule has 2 heterocycles. The average Bonchev–Trinajstić information content (AvgIpc) is 2.92.